The predicted molar refractivity (Wildman–Crippen MR) is 82.4 cm³/mol. The molecule has 0 atom stereocenters. The number of halogens is 1. The Balaban J connectivity index is 1.70. The summed E-state index contributed by atoms with van der Waals surface area (Å²) in [6.07, 6.45) is 3.94. The highest BCUT2D eigenvalue weighted by Crippen LogP contribution is 2.40. The van der Waals surface area contributed by atoms with E-state index in [0.29, 0.717) is 5.41 Å². The van der Waals surface area contributed by atoms with Crippen LogP contribution in [0.3, 0.4) is 0 Å². The molecular formula is C16H23ClN2O. The van der Waals surface area contributed by atoms with E-state index in [4.69, 9.17) is 16.3 Å². The number of hydrogen-bond acceptors (Lipinski definition) is 3. The van der Waals surface area contributed by atoms with Crippen LogP contribution in [0.25, 0.3) is 0 Å². The fourth-order valence-electron chi connectivity index (χ4n) is 3.64. The monoisotopic (exact) mass is 294 g/mol. The molecule has 0 saturated carbocycles. The molecule has 2 aliphatic heterocycles. The molecule has 0 aliphatic carbocycles. The molecule has 1 aromatic carbocycles. The van der Waals surface area contributed by atoms with E-state index in [1.54, 1.807) is 7.11 Å². The second-order valence-corrected chi connectivity index (χ2v) is 6.54. The molecule has 2 heterocycles. The average molecular weight is 295 g/mol. The van der Waals surface area contributed by atoms with E-state index in [0.717, 1.165) is 22.9 Å². The topological polar surface area (TPSA) is 24.5 Å². The van der Waals surface area contributed by atoms with Crippen molar-refractivity contribution in [3.05, 3.63) is 28.8 Å². The number of methoxy groups -OCH3 is 1. The Morgan fingerprint density at radius 1 is 1.30 bits per heavy atom. The lowest BCUT2D eigenvalue weighted by Crippen LogP contribution is -2.38. The normalized spacial score (nSPS) is 22.3. The van der Waals surface area contributed by atoms with Crippen molar-refractivity contribution in [2.45, 2.75) is 25.8 Å². The Hall–Kier alpha value is -0.770. The van der Waals surface area contributed by atoms with Crippen LogP contribution in [0.5, 0.6) is 5.75 Å². The fourth-order valence-corrected chi connectivity index (χ4v) is 3.86. The number of nitrogens with one attached hydrogen (secondary N) is 1. The summed E-state index contributed by atoms with van der Waals surface area (Å²) in [6, 6.07) is 5.90. The molecule has 0 bridgehead atoms. The van der Waals surface area contributed by atoms with Crippen molar-refractivity contribution in [1.82, 2.24) is 10.2 Å². The van der Waals surface area contributed by atoms with Crippen molar-refractivity contribution < 1.29 is 4.74 Å². The van der Waals surface area contributed by atoms with Gasteiger partial charge in [-0.15, -0.1) is 0 Å². The highest BCUT2D eigenvalue weighted by atomic mass is 35.5. The van der Waals surface area contributed by atoms with Gasteiger partial charge in [0.25, 0.3) is 0 Å². The SMILES string of the molecule is COc1cccc(Cl)c1CN1CCC2(CCNCC2)C1. The minimum Gasteiger partial charge on any atom is -0.496 e. The molecule has 1 aromatic rings. The standard InChI is InChI=1S/C16H23ClN2O/c1-20-15-4-2-3-14(17)13(15)11-19-10-7-16(12-19)5-8-18-9-6-16/h2-4,18H,5-12H2,1H3. The summed E-state index contributed by atoms with van der Waals surface area (Å²) in [5, 5.41) is 4.28. The largest absolute Gasteiger partial charge is 0.496 e. The first-order valence-corrected chi connectivity index (χ1v) is 7.85. The molecule has 0 amide bonds. The molecule has 1 N–H and O–H groups in total. The van der Waals surface area contributed by atoms with E-state index in [1.807, 2.05) is 18.2 Å². The summed E-state index contributed by atoms with van der Waals surface area (Å²) in [7, 11) is 1.72. The van der Waals surface area contributed by atoms with Crippen LogP contribution in [0.1, 0.15) is 24.8 Å². The molecule has 0 aromatic heterocycles. The minimum atomic E-state index is 0.541. The van der Waals surface area contributed by atoms with Crippen LogP contribution in [0.4, 0.5) is 0 Å². The number of likely N-dealkylation sites (tertiary alicyclic amines) is 1. The third-order valence-electron chi connectivity index (χ3n) is 4.86. The Kier molecular flexibility index (Phi) is 4.20. The number of rotatable bonds is 3. The molecule has 3 nitrogen and oxygen atoms in total. The van der Waals surface area contributed by atoms with Crippen LogP contribution in [0.2, 0.25) is 5.02 Å². The fraction of sp³-hybridized carbons (Fsp3) is 0.625. The van der Waals surface area contributed by atoms with Gasteiger partial charge in [0.1, 0.15) is 5.75 Å². The quantitative estimate of drug-likeness (QED) is 0.928. The van der Waals surface area contributed by atoms with Gasteiger partial charge in [0.2, 0.25) is 0 Å². The van der Waals surface area contributed by atoms with Gasteiger partial charge in [-0.2, -0.15) is 0 Å². The molecule has 1 spiro atoms. The average Bonchev–Trinajstić information content (AvgIpc) is 2.84. The first-order valence-electron chi connectivity index (χ1n) is 7.47. The van der Waals surface area contributed by atoms with E-state index in [9.17, 15) is 0 Å². The highest BCUT2D eigenvalue weighted by Gasteiger charge is 2.38. The minimum absolute atomic E-state index is 0.541. The molecule has 2 fully saturated rings. The number of nitrogens with zero attached hydrogens (tertiary/aromatic N) is 1. The lowest BCUT2D eigenvalue weighted by molar-refractivity contribution is 0.193. The van der Waals surface area contributed by atoms with E-state index in [2.05, 4.69) is 10.2 Å². The summed E-state index contributed by atoms with van der Waals surface area (Å²) in [6.45, 7) is 5.61. The zero-order chi connectivity index (χ0) is 14.0. The maximum atomic E-state index is 6.35. The maximum absolute atomic E-state index is 6.35. The number of ether oxygens (including phenoxy) is 1. The van der Waals surface area contributed by atoms with Crippen molar-refractivity contribution in [3.63, 3.8) is 0 Å². The van der Waals surface area contributed by atoms with Crippen LogP contribution < -0.4 is 10.1 Å². The molecule has 4 heteroatoms. The van der Waals surface area contributed by atoms with E-state index in [1.165, 1.54) is 45.4 Å². The Bertz CT molecular complexity index is 472. The second-order valence-electron chi connectivity index (χ2n) is 6.13. The van der Waals surface area contributed by atoms with Crippen molar-refractivity contribution in [2.75, 3.05) is 33.3 Å². The zero-order valence-corrected chi connectivity index (χ0v) is 12.9. The van der Waals surface area contributed by atoms with E-state index in [-0.39, 0.29) is 0 Å². The summed E-state index contributed by atoms with van der Waals surface area (Å²) in [4.78, 5) is 2.54. The van der Waals surface area contributed by atoms with E-state index >= 15 is 0 Å². The molecule has 0 unspecified atom stereocenters. The highest BCUT2D eigenvalue weighted by molar-refractivity contribution is 6.31. The number of benzene rings is 1. The smallest absolute Gasteiger partial charge is 0.124 e. The van der Waals surface area contributed by atoms with Gasteiger partial charge in [0.05, 0.1) is 7.11 Å². The Morgan fingerprint density at radius 3 is 2.85 bits per heavy atom. The molecule has 2 saturated heterocycles. The zero-order valence-electron chi connectivity index (χ0n) is 12.1. The van der Waals surface area contributed by atoms with Crippen molar-refractivity contribution in [1.29, 1.82) is 0 Å². The van der Waals surface area contributed by atoms with Crippen LogP contribution in [-0.2, 0) is 6.54 Å². The third-order valence-corrected chi connectivity index (χ3v) is 5.21. The van der Waals surface area contributed by atoms with Gasteiger partial charge in [-0.05, 0) is 56.4 Å². The van der Waals surface area contributed by atoms with Crippen molar-refractivity contribution in [3.8, 4) is 5.75 Å². The van der Waals surface area contributed by atoms with Crippen molar-refractivity contribution >= 4 is 11.6 Å². The van der Waals surface area contributed by atoms with Gasteiger partial charge in [-0.1, -0.05) is 17.7 Å². The molecule has 110 valence electrons. The summed E-state index contributed by atoms with van der Waals surface area (Å²) >= 11 is 6.35. The summed E-state index contributed by atoms with van der Waals surface area (Å²) < 4.78 is 5.45. The number of hydrogen-bond donors (Lipinski definition) is 1. The van der Waals surface area contributed by atoms with Crippen LogP contribution >= 0.6 is 11.6 Å². The first-order chi connectivity index (χ1) is 9.72. The Labute approximate surface area is 126 Å². The number of piperidine rings is 1. The first kappa shape index (κ1) is 14.2. The van der Waals surface area contributed by atoms with Gasteiger partial charge in [0.15, 0.2) is 0 Å². The van der Waals surface area contributed by atoms with Crippen LogP contribution in [0, 0.1) is 5.41 Å². The van der Waals surface area contributed by atoms with Gasteiger partial charge in [0, 0.05) is 23.7 Å². The maximum Gasteiger partial charge on any atom is 0.124 e. The van der Waals surface area contributed by atoms with Gasteiger partial charge < -0.3 is 10.1 Å². The molecule has 3 rings (SSSR count). The molecular weight excluding hydrogens is 272 g/mol. The third kappa shape index (κ3) is 2.80. The molecule has 2 aliphatic rings. The lowest BCUT2D eigenvalue weighted by atomic mass is 9.78. The van der Waals surface area contributed by atoms with Crippen LogP contribution in [0.15, 0.2) is 18.2 Å². The lowest BCUT2D eigenvalue weighted by Gasteiger charge is -2.34. The summed E-state index contributed by atoms with van der Waals surface area (Å²) in [5.41, 5.74) is 1.67. The van der Waals surface area contributed by atoms with Gasteiger partial charge >= 0.3 is 0 Å². The van der Waals surface area contributed by atoms with E-state index < -0.39 is 0 Å². The predicted octanol–water partition coefficient (Wildman–Crippen LogP) is 2.92. The second kappa shape index (κ2) is 5.92. The molecule has 20 heavy (non-hydrogen) atoms. The molecule has 0 radical (unpaired) electrons. The Morgan fingerprint density at radius 2 is 2.10 bits per heavy atom. The van der Waals surface area contributed by atoms with Crippen molar-refractivity contribution in [2.24, 2.45) is 5.41 Å². The van der Waals surface area contributed by atoms with Gasteiger partial charge in [-0.25, -0.2) is 0 Å². The summed E-state index contributed by atoms with van der Waals surface area (Å²) in [5.74, 6) is 0.906. The van der Waals surface area contributed by atoms with Gasteiger partial charge in [-0.3, -0.25) is 4.90 Å². The van der Waals surface area contributed by atoms with Crippen LogP contribution in [-0.4, -0.2) is 38.2 Å².